The summed E-state index contributed by atoms with van der Waals surface area (Å²) in [5.41, 5.74) is 5.22. The number of rotatable bonds is 6. The minimum atomic E-state index is -0.564. The number of esters is 1. The van der Waals surface area contributed by atoms with E-state index in [-0.39, 0.29) is 17.8 Å². The summed E-state index contributed by atoms with van der Waals surface area (Å²) in [6, 6.07) is 17.2. The lowest BCUT2D eigenvalue weighted by molar-refractivity contribution is -0.136. The molecule has 0 amide bonds. The van der Waals surface area contributed by atoms with Gasteiger partial charge < -0.3 is 4.74 Å². The molecule has 0 atom stereocenters. The van der Waals surface area contributed by atoms with Gasteiger partial charge in [0.25, 0.3) is 0 Å². The average Bonchev–Trinajstić information content (AvgIpc) is 3.04. The van der Waals surface area contributed by atoms with Crippen LogP contribution >= 0.6 is 0 Å². The third-order valence-electron chi connectivity index (χ3n) is 5.15. The predicted octanol–water partition coefficient (Wildman–Crippen LogP) is 5.23. The van der Waals surface area contributed by atoms with Gasteiger partial charge in [0.05, 0.1) is 11.4 Å². The fourth-order valence-electron chi connectivity index (χ4n) is 3.29. The van der Waals surface area contributed by atoms with E-state index >= 15 is 0 Å². The van der Waals surface area contributed by atoms with Crippen molar-refractivity contribution < 1.29 is 14.3 Å². The molecule has 0 spiro atoms. The standard InChI is InChI=1S/C26H28N2O3/c1-18-23(19(2)28(27-18)22-9-7-6-8-10-22)15-16-25(30)31-17-24(29)20-11-13-21(14-12-20)26(3,4)5/h6-16H,17H2,1-5H3/b16-15+. The summed E-state index contributed by atoms with van der Waals surface area (Å²) in [6.07, 6.45) is 3.02. The molecule has 0 aliphatic carbocycles. The van der Waals surface area contributed by atoms with Crippen molar-refractivity contribution in [1.29, 1.82) is 0 Å². The second-order valence-electron chi connectivity index (χ2n) is 8.52. The molecule has 3 rings (SSSR count). The number of aromatic nitrogens is 2. The maximum atomic E-state index is 12.3. The molecule has 0 aliphatic rings. The molecule has 1 aromatic heterocycles. The number of carbonyl (C=O) groups excluding carboxylic acids is 2. The molecule has 160 valence electrons. The van der Waals surface area contributed by atoms with Gasteiger partial charge in [-0.3, -0.25) is 4.79 Å². The second kappa shape index (κ2) is 9.13. The Morgan fingerprint density at radius 2 is 1.65 bits per heavy atom. The van der Waals surface area contributed by atoms with Crippen LogP contribution in [0.4, 0.5) is 0 Å². The van der Waals surface area contributed by atoms with Crippen molar-refractivity contribution in [2.24, 2.45) is 0 Å². The zero-order valence-electron chi connectivity index (χ0n) is 18.7. The first kappa shape index (κ1) is 22.2. The van der Waals surface area contributed by atoms with Crippen LogP contribution < -0.4 is 0 Å². The van der Waals surface area contributed by atoms with Crippen LogP contribution in [0.15, 0.2) is 60.7 Å². The average molecular weight is 417 g/mol. The number of para-hydroxylation sites is 1. The molecular weight excluding hydrogens is 388 g/mol. The Hall–Kier alpha value is -3.47. The Morgan fingerprint density at radius 1 is 1.00 bits per heavy atom. The molecule has 31 heavy (non-hydrogen) atoms. The Kier molecular flexibility index (Phi) is 6.54. The van der Waals surface area contributed by atoms with Gasteiger partial charge in [0.1, 0.15) is 0 Å². The number of hydrogen-bond acceptors (Lipinski definition) is 4. The van der Waals surface area contributed by atoms with Crippen molar-refractivity contribution in [2.45, 2.75) is 40.0 Å². The highest BCUT2D eigenvalue weighted by molar-refractivity contribution is 5.99. The quantitative estimate of drug-likeness (QED) is 0.314. The Balaban J connectivity index is 1.62. The Bertz CT molecular complexity index is 1100. The van der Waals surface area contributed by atoms with Crippen LogP contribution in [0.3, 0.4) is 0 Å². The van der Waals surface area contributed by atoms with Crippen molar-refractivity contribution >= 4 is 17.8 Å². The van der Waals surface area contributed by atoms with Crippen LogP contribution in [-0.2, 0) is 14.9 Å². The molecule has 0 saturated carbocycles. The highest BCUT2D eigenvalue weighted by Gasteiger charge is 2.15. The second-order valence-corrected chi connectivity index (χ2v) is 8.52. The van der Waals surface area contributed by atoms with E-state index < -0.39 is 5.97 Å². The number of benzene rings is 2. The van der Waals surface area contributed by atoms with E-state index in [1.165, 1.54) is 6.08 Å². The number of Topliss-reactive ketones (excluding diaryl/α,β-unsaturated/α-hetero) is 1. The number of nitrogens with zero attached hydrogens (tertiary/aromatic N) is 2. The summed E-state index contributed by atoms with van der Waals surface area (Å²) in [7, 11) is 0. The van der Waals surface area contributed by atoms with E-state index in [9.17, 15) is 9.59 Å². The largest absolute Gasteiger partial charge is 0.454 e. The van der Waals surface area contributed by atoms with Gasteiger partial charge in [0.15, 0.2) is 12.4 Å². The third kappa shape index (κ3) is 5.37. The highest BCUT2D eigenvalue weighted by Crippen LogP contribution is 2.22. The van der Waals surface area contributed by atoms with E-state index in [0.717, 1.165) is 28.2 Å². The molecule has 1 heterocycles. The third-order valence-corrected chi connectivity index (χ3v) is 5.15. The van der Waals surface area contributed by atoms with E-state index in [4.69, 9.17) is 4.74 Å². The summed E-state index contributed by atoms with van der Waals surface area (Å²) in [5.74, 6) is -0.794. The maximum Gasteiger partial charge on any atom is 0.331 e. The number of ketones is 1. The summed E-state index contributed by atoms with van der Waals surface area (Å²) < 4.78 is 6.98. The fourth-order valence-corrected chi connectivity index (χ4v) is 3.29. The molecule has 0 fully saturated rings. The van der Waals surface area contributed by atoms with E-state index in [0.29, 0.717) is 5.56 Å². The molecule has 0 saturated heterocycles. The summed E-state index contributed by atoms with van der Waals surface area (Å²) in [6.45, 7) is 9.89. The topological polar surface area (TPSA) is 61.2 Å². The number of aryl methyl sites for hydroxylation is 1. The Morgan fingerprint density at radius 3 is 2.26 bits per heavy atom. The molecule has 0 radical (unpaired) electrons. The van der Waals surface area contributed by atoms with Gasteiger partial charge in [-0.25, -0.2) is 9.48 Å². The van der Waals surface area contributed by atoms with Crippen molar-refractivity contribution in [2.75, 3.05) is 6.61 Å². The predicted molar refractivity (Wildman–Crippen MR) is 123 cm³/mol. The normalized spacial score (nSPS) is 11.6. The molecule has 5 heteroatoms. The minimum absolute atomic E-state index is 0.0173. The summed E-state index contributed by atoms with van der Waals surface area (Å²) >= 11 is 0. The fraction of sp³-hybridized carbons (Fsp3) is 0.269. The number of hydrogen-bond donors (Lipinski definition) is 0. The maximum absolute atomic E-state index is 12.3. The van der Waals surface area contributed by atoms with Gasteiger partial charge in [-0.2, -0.15) is 5.10 Å². The van der Waals surface area contributed by atoms with E-state index in [1.807, 2.05) is 61.0 Å². The SMILES string of the molecule is Cc1nn(-c2ccccc2)c(C)c1/C=C/C(=O)OCC(=O)c1ccc(C(C)(C)C)cc1. The first-order chi connectivity index (χ1) is 14.7. The molecule has 3 aromatic rings. The highest BCUT2D eigenvalue weighted by atomic mass is 16.5. The van der Waals surface area contributed by atoms with Crippen LogP contribution in [0.1, 0.15) is 53.6 Å². The molecule has 0 aliphatic heterocycles. The summed E-state index contributed by atoms with van der Waals surface area (Å²) in [4.78, 5) is 24.5. The van der Waals surface area contributed by atoms with Crippen LogP contribution in [0.25, 0.3) is 11.8 Å². The van der Waals surface area contributed by atoms with Gasteiger partial charge in [0.2, 0.25) is 0 Å². The zero-order valence-corrected chi connectivity index (χ0v) is 18.7. The molecule has 0 N–H and O–H groups in total. The van der Waals surface area contributed by atoms with Crippen LogP contribution in [0, 0.1) is 13.8 Å². The molecular formula is C26H28N2O3. The molecule has 0 bridgehead atoms. The van der Waals surface area contributed by atoms with Crippen LogP contribution in [0.2, 0.25) is 0 Å². The monoisotopic (exact) mass is 416 g/mol. The molecule has 5 nitrogen and oxygen atoms in total. The van der Waals surface area contributed by atoms with Gasteiger partial charge in [-0.05, 0) is 43.0 Å². The lowest BCUT2D eigenvalue weighted by atomic mass is 9.86. The molecule has 0 unspecified atom stereocenters. The lowest BCUT2D eigenvalue weighted by Gasteiger charge is -2.18. The van der Waals surface area contributed by atoms with Crippen LogP contribution in [0.5, 0.6) is 0 Å². The van der Waals surface area contributed by atoms with Gasteiger partial charge >= 0.3 is 5.97 Å². The Labute approximate surface area is 183 Å². The zero-order chi connectivity index (χ0) is 22.6. The smallest absolute Gasteiger partial charge is 0.331 e. The number of carbonyl (C=O) groups is 2. The van der Waals surface area contributed by atoms with Crippen molar-refractivity contribution in [3.05, 3.63) is 88.8 Å². The van der Waals surface area contributed by atoms with Crippen LogP contribution in [-0.4, -0.2) is 28.1 Å². The van der Waals surface area contributed by atoms with Gasteiger partial charge in [-0.15, -0.1) is 0 Å². The van der Waals surface area contributed by atoms with Crippen molar-refractivity contribution in [3.8, 4) is 5.69 Å². The van der Waals surface area contributed by atoms with E-state index in [2.05, 4.69) is 25.9 Å². The molecule has 2 aromatic carbocycles. The van der Waals surface area contributed by atoms with E-state index in [1.54, 1.807) is 18.2 Å². The first-order valence-electron chi connectivity index (χ1n) is 10.3. The summed E-state index contributed by atoms with van der Waals surface area (Å²) in [5, 5.41) is 4.56. The lowest BCUT2D eigenvalue weighted by Crippen LogP contribution is -2.14. The van der Waals surface area contributed by atoms with Gasteiger partial charge in [0, 0.05) is 22.9 Å². The first-order valence-corrected chi connectivity index (χ1v) is 10.3. The minimum Gasteiger partial charge on any atom is -0.454 e. The van der Waals surface area contributed by atoms with Crippen molar-refractivity contribution in [1.82, 2.24) is 9.78 Å². The van der Waals surface area contributed by atoms with Gasteiger partial charge in [-0.1, -0.05) is 63.2 Å². The number of ether oxygens (including phenoxy) is 1. The van der Waals surface area contributed by atoms with Crippen molar-refractivity contribution in [3.63, 3.8) is 0 Å².